The van der Waals surface area contributed by atoms with E-state index in [2.05, 4.69) is 22.8 Å². The molecule has 0 aliphatic heterocycles. The molecule has 20 heavy (non-hydrogen) atoms. The molecule has 1 rings (SSSR count). The average Bonchev–Trinajstić information content (AvgIpc) is 2.48. The van der Waals surface area contributed by atoms with Crippen LogP contribution in [0.2, 0.25) is 0 Å². The number of ether oxygens (including phenoxy) is 2. The summed E-state index contributed by atoms with van der Waals surface area (Å²) in [4.78, 5) is 0. The monoisotopic (exact) mass is 274 g/mol. The molecule has 0 bridgehead atoms. The minimum absolute atomic E-state index is 0.486. The van der Waals surface area contributed by atoms with Crippen molar-refractivity contribution < 1.29 is 9.47 Å². The van der Waals surface area contributed by atoms with Gasteiger partial charge in [0.2, 0.25) is 0 Å². The highest BCUT2D eigenvalue weighted by Gasteiger charge is 2.09. The Morgan fingerprint density at radius 3 is 1.60 bits per heavy atom. The maximum atomic E-state index is 9.18. The van der Waals surface area contributed by atoms with E-state index in [0.717, 1.165) is 0 Å². The highest BCUT2D eigenvalue weighted by Crippen LogP contribution is 2.24. The van der Waals surface area contributed by atoms with Crippen LogP contribution in [-0.4, -0.2) is 40.5 Å². The lowest BCUT2D eigenvalue weighted by atomic mass is 10.1. The minimum Gasteiger partial charge on any atom is -0.383 e. The Kier molecular flexibility index (Phi) is 6.91. The quantitative estimate of drug-likeness (QED) is 0.699. The van der Waals surface area contributed by atoms with Crippen LogP contribution >= 0.6 is 0 Å². The summed E-state index contributed by atoms with van der Waals surface area (Å²) in [6.07, 6.45) is 0. The third-order valence-corrected chi connectivity index (χ3v) is 2.64. The Labute approximate surface area is 118 Å². The SMILES string of the molecule is COCCNc1cc(C#N)c(NCCOC)cc1C#N. The van der Waals surface area contributed by atoms with Crippen molar-refractivity contribution >= 4 is 11.4 Å². The normalized spacial score (nSPS) is 9.60. The van der Waals surface area contributed by atoms with Crippen molar-refractivity contribution in [2.75, 3.05) is 51.2 Å². The Morgan fingerprint density at radius 1 is 0.900 bits per heavy atom. The van der Waals surface area contributed by atoms with E-state index in [1.165, 1.54) is 0 Å². The maximum absolute atomic E-state index is 9.18. The van der Waals surface area contributed by atoms with Gasteiger partial charge < -0.3 is 20.1 Å². The van der Waals surface area contributed by atoms with E-state index in [4.69, 9.17) is 9.47 Å². The molecule has 0 saturated carbocycles. The molecule has 0 aromatic heterocycles. The predicted octanol–water partition coefficient (Wildman–Crippen LogP) is 1.55. The van der Waals surface area contributed by atoms with Crippen LogP contribution < -0.4 is 10.6 Å². The molecule has 0 heterocycles. The molecular weight excluding hydrogens is 256 g/mol. The van der Waals surface area contributed by atoms with Gasteiger partial charge in [0.25, 0.3) is 0 Å². The highest BCUT2D eigenvalue weighted by atomic mass is 16.5. The van der Waals surface area contributed by atoms with E-state index in [9.17, 15) is 10.5 Å². The molecule has 1 aromatic carbocycles. The average molecular weight is 274 g/mol. The van der Waals surface area contributed by atoms with E-state index in [1.54, 1.807) is 26.4 Å². The van der Waals surface area contributed by atoms with Crippen molar-refractivity contribution in [3.8, 4) is 12.1 Å². The van der Waals surface area contributed by atoms with Crippen molar-refractivity contribution in [1.82, 2.24) is 0 Å². The molecule has 2 N–H and O–H groups in total. The molecule has 0 saturated heterocycles. The van der Waals surface area contributed by atoms with Gasteiger partial charge in [0.1, 0.15) is 12.1 Å². The summed E-state index contributed by atoms with van der Waals surface area (Å²) in [6.45, 7) is 2.21. The summed E-state index contributed by atoms with van der Waals surface area (Å²) < 4.78 is 9.89. The molecule has 0 amide bonds. The number of hydrogen-bond acceptors (Lipinski definition) is 6. The van der Waals surface area contributed by atoms with Crippen molar-refractivity contribution in [3.05, 3.63) is 23.3 Å². The van der Waals surface area contributed by atoms with Crippen LogP contribution in [0.4, 0.5) is 11.4 Å². The number of nitrogens with one attached hydrogen (secondary N) is 2. The standard InChI is InChI=1S/C14H18N4O2/c1-19-5-3-17-13-7-12(10-16)14(8-11(13)9-15)18-4-6-20-2/h7-8,17-18H,3-6H2,1-2H3. The second kappa shape index (κ2) is 8.76. The molecule has 0 unspecified atom stereocenters. The van der Waals surface area contributed by atoms with E-state index < -0.39 is 0 Å². The van der Waals surface area contributed by atoms with Crippen LogP contribution in [0.15, 0.2) is 12.1 Å². The van der Waals surface area contributed by atoms with Crippen molar-refractivity contribution in [2.24, 2.45) is 0 Å². The first-order chi connectivity index (χ1) is 9.76. The topological polar surface area (TPSA) is 90.1 Å². The number of methoxy groups -OCH3 is 2. The zero-order valence-corrected chi connectivity index (χ0v) is 11.7. The van der Waals surface area contributed by atoms with Crippen LogP contribution in [-0.2, 0) is 9.47 Å². The van der Waals surface area contributed by atoms with Crippen molar-refractivity contribution in [1.29, 1.82) is 10.5 Å². The predicted molar refractivity (Wildman–Crippen MR) is 76.6 cm³/mol. The highest BCUT2D eigenvalue weighted by molar-refractivity contribution is 5.71. The lowest BCUT2D eigenvalue weighted by molar-refractivity contribution is 0.210. The lowest BCUT2D eigenvalue weighted by Gasteiger charge is -2.12. The first-order valence-corrected chi connectivity index (χ1v) is 6.20. The second-order valence-electron chi connectivity index (χ2n) is 4.01. The van der Waals surface area contributed by atoms with Gasteiger partial charge in [-0.1, -0.05) is 0 Å². The van der Waals surface area contributed by atoms with Crippen molar-refractivity contribution in [3.63, 3.8) is 0 Å². The molecule has 106 valence electrons. The van der Waals surface area contributed by atoms with Gasteiger partial charge in [0, 0.05) is 27.3 Å². The van der Waals surface area contributed by atoms with Gasteiger partial charge in [-0.15, -0.1) is 0 Å². The van der Waals surface area contributed by atoms with E-state index in [0.29, 0.717) is 48.8 Å². The van der Waals surface area contributed by atoms with Crippen LogP contribution in [0.25, 0.3) is 0 Å². The molecule has 0 aliphatic rings. The third kappa shape index (κ3) is 4.43. The van der Waals surface area contributed by atoms with Gasteiger partial charge in [-0.25, -0.2) is 0 Å². The van der Waals surface area contributed by atoms with Gasteiger partial charge >= 0.3 is 0 Å². The molecular formula is C14H18N4O2. The fourth-order valence-corrected chi connectivity index (χ4v) is 1.65. The molecule has 0 spiro atoms. The van der Waals surface area contributed by atoms with Crippen molar-refractivity contribution in [2.45, 2.75) is 0 Å². The molecule has 6 nitrogen and oxygen atoms in total. The van der Waals surface area contributed by atoms with E-state index in [1.807, 2.05) is 0 Å². The summed E-state index contributed by atoms with van der Waals surface area (Å²) in [7, 11) is 3.22. The fraction of sp³-hybridized carbons (Fsp3) is 0.429. The summed E-state index contributed by atoms with van der Waals surface area (Å²) in [6, 6.07) is 7.58. The zero-order chi connectivity index (χ0) is 14.8. The van der Waals surface area contributed by atoms with Crippen LogP contribution in [0.5, 0.6) is 0 Å². The Bertz CT molecular complexity index is 469. The smallest absolute Gasteiger partial charge is 0.101 e. The fourth-order valence-electron chi connectivity index (χ4n) is 1.65. The number of rotatable bonds is 8. The molecule has 0 aliphatic carbocycles. The van der Waals surface area contributed by atoms with Crippen LogP contribution in [0.1, 0.15) is 11.1 Å². The summed E-state index contributed by atoms with van der Waals surface area (Å²) in [5.41, 5.74) is 2.25. The first kappa shape index (κ1) is 15.8. The number of anilines is 2. The number of benzene rings is 1. The Balaban J connectivity index is 2.93. The Hall–Kier alpha value is -2.28. The van der Waals surface area contributed by atoms with Crippen LogP contribution in [0.3, 0.4) is 0 Å². The summed E-state index contributed by atoms with van der Waals surface area (Å²) in [5.74, 6) is 0. The molecule has 0 radical (unpaired) electrons. The largest absolute Gasteiger partial charge is 0.383 e. The molecule has 1 aromatic rings. The van der Waals surface area contributed by atoms with Gasteiger partial charge in [-0.05, 0) is 12.1 Å². The van der Waals surface area contributed by atoms with Gasteiger partial charge in [-0.3, -0.25) is 0 Å². The van der Waals surface area contributed by atoms with Gasteiger partial charge in [0.05, 0.1) is 35.7 Å². The molecule has 0 fully saturated rings. The number of nitrogens with zero attached hydrogens (tertiary/aromatic N) is 2. The zero-order valence-electron chi connectivity index (χ0n) is 11.7. The molecule has 6 heteroatoms. The number of nitriles is 2. The first-order valence-electron chi connectivity index (χ1n) is 6.20. The van der Waals surface area contributed by atoms with E-state index in [-0.39, 0.29) is 0 Å². The Morgan fingerprint density at radius 2 is 1.30 bits per heavy atom. The summed E-state index contributed by atoms with van der Waals surface area (Å²) >= 11 is 0. The van der Waals surface area contributed by atoms with Gasteiger partial charge in [0.15, 0.2) is 0 Å². The third-order valence-electron chi connectivity index (χ3n) is 2.64. The maximum Gasteiger partial charge on any atom is 0.101 e. The molecule has 0 atom stereocenters. The minimum atomic E-state index is 0.486. The van der Waals surface area contributed by atoms with Gasteiger partial charge in [-0.2, -0.15) is 10.5 Å². The summed E-state index contributed by atoms with van der Waals surface area (Å²) in [5, 5.41) is 24.5. The lowest BCUT2D eigenvalue weighted by Crippen LogP contribution is -2.11. The second-order valence-corrected chi connectivity index (χ2v) is 4.01. The van der Waals surface area contributed by atoms with Crippen LogP contribution in [0, 0.1) is 22.7 Å². The number of hydrogen-bond donors (Lipinski definition) is 2. The van der Waals surface area contributed by atoms with E-state index >= 15 is 0 Å².